The first-order valence-electron chi connectivity index (χ1n) is 7.91. The molecule has 1 aliphatic rings. The standard InChI is InChI=1S/C18H20N2O2S2/c1-14-6-8-17(9-7-14)24(21,22)19-18(23)20-12-10-15-4-2-3-5-16(15)11-13-20/h2-9H,10-13H2,1H3,(H,19,23). The Bertz CT molecular complexity index is 819. The van der Waals surface area contributed by atoms with Gasteiger partial charge in [-0.15, -0.1) is 0 Å². The molecule has 0 saturated carbocycles. The van der Waals surface area contributed by atoms with Crippen LogP contribution in [0.2, 0.25) is 0 Å². The minimum absolute atomic E-state index is 0.230. The van der Waals surface area contributed by atoms with Crippen LogP contribution in [0, 0.1) is 6.92 Å². The molecule has 0 aliphatic carbocycles. The maximum atomic E-state index is 12.5. The van der Waals surface area contributed by atoms with E-state index in [9.17, 15) is 8.42 Å². The summed E-state index contributed by atoms with van der Waals surface area (Å²) in [6.45, 7) is 3.35. The molecule has 0 saturated heterocycles. The number of nitrogens with one attached hydrogen (secondary N) is 1. The van der Waals surface area contributed by atoms with Crippen molar-refractivity contribution >= 4 is 27.4 Å². The quantitative estimate of drug-likeness (QED) is 0.837. The van der Waals surface area contributed by atoms with Crippen molar-refractivity contribution in [3.8, 4) is 0 Å². The Morgan fingerprint density at radius 3 is 2.08 bits per heavy atom. The highest BCUT2D eigenvalue weighted by Crippen LogP contribution is 2.16. The van der Waals surface area contributed by atoms with Crippen LogP contribution in [0.1, 0.15) is 16.7 Å². The van der Waals surface area contributed by atoms with E-state index in [1.54, 1.807) is 24.3 Å². The van der Waals surface area contributed by atoms with E-state index in [0.29, 0.717) is 13.1 Å². The van der Waals surface area contributed by atoms with Gasteiger partial charge in [-0.1, -0.05) is 42.0 Å². The normalized spacial score (nSPS) is 14.6. The van der Waals surface area contributed by atoms with Crippen LogP contribution in [0.5, 0.6) is 0 Å². The van der Waals surface area contributed by atoms with Gasteiger partial charge in [0.15, 0.2) is 5.11 Å². The maximum absolute atomic E-state index is 12.5. The van der Waals surface area contributed by atoms with Gasteiger partial charge in [0.1, 0.15) is 0 Å². The zero-order chi connectivity index (χ0) is 17.2. The van der Waals surface area contributed by atoms with Gasteiger partial charge in [-0.3, -0.25) is 4.72 Å². The molecule has 6 heteroatoms. The molecule has 126 valence electrons. The maximum Gasteiger partial charge on any atom is 0.263 e. The number of sulfonamides is 1. The Morgan fingerprint density at radius 1 is 1.00 bits per heavy atom. The van der Waals surface area contributed by atoms with Crippen molar-refractivity contribution in [3.63, 3.8) is 0 Å². The van der Waals surface area contributed by atoms with Gasteiger partial charge >= 0.3 is 0 Å². The lowest BCUT2D eigenvalue weighted by Crippen LogP contribution is -2.43. The zero-order valence-electron chi connectivity index (χ0n) is 13.5. The molecular formula is C18H20N2O2S2. The first-order chi connectivity index (χ1) is 11.5. The van der Waals surface area contributed by atoms with Crippen molar-refractivity contribution in [2.24, 2.45) is 0 Å². The Kier molecular flexibility index (Phi) is 4.87. The Labute approximate surface area is 148 Å². The van der Waals surface area contributed by atoms with Crippen molar-refractivity contribution in [3.05, 3.63) is 65.2 Å². The number of fused-ring (bicyclic) bond motifs is 1. The monoisotopic (exact) mass is 360 g/mol. The van der Waals surface area contributed by atoms with E-state index in [-0.39, 0.29) is 10.0 Å². The predicted molar refractivity (Wildman–Crippen MR) is 99.5 cm³/mol. The number of aryl methyl sites for hydroxylation is 1. The van der Waals surface area contributed by atoms with Crippen molar-refractivity contribution in [1.29, 1.82) is 0 Å². The highest BCUT2D eigenvalue weighted by atomic mass is 32.2. The fraction of sp³-hybridized carbons (Fsp3) is 0.278. The van der Waals surface area contributed by atoms with E-state index in [1.807, 2.05) is 24.0 Å². The molecule has 4 nitrogen and oxygen atoms in total. The zero-order valence-corrected chi connectivity index (χ0v) is 15.2. The predicted octanol–water partition coefficient (Wildman–Crippen LogP) is 2.66. The average Bonchev–Trinajstić information content (AvgIpc) is 2.77. The lowest BCUT2D eigenvalue weighted by atomic mass is 10.0. The number of nitrogens with zero attached hydrogens (tertiary/aromatic N) is 1. The van der Waals surface area contributed by atoms with Gasteiger partial charge in [-0.05, 0) is 55.2 Å². The molecule has 3 rings (SSSR count). The van der Waals surface area contributed by atoms with Crippen LogP contribution in [0.25, 0.3) is 0 Å². The lowest BCUT2D eigenvalue weighted by Gasteiger charge is -2.23. The third-order valence-electron chi connectivity index (χ3n) is 4.26. The fourth-order valence-corrected chi connectivity index (χ4v) is 4.31. The smallest absolute Gasteiger partial charge is 0.263 e. The SMILES string of the molecule is Cc1ccc(S(=O)(=O)NC(=S)N2CCc3ccccc3CC2)cc1. The van der Waals surface area contributed by atoms with Crippen molar-refractivity contribution < 1.29 is 8.42 Å². The molecule has 0 amide bonds. The Morgan fingerprint density at radius 2 is 1.54 bits per heavy atom. The van der Waals surface area contributed by atoms with E-state index in [4.69, 9.17) is 12.2 Å². The van der Waals surface area contributed by atoms with Crippen LogP contribution >= 0.6 is 12.2 Å². The molecule has 0 atom stereocenters. The largest absolute Gasteiger partial charge is 0.348 e. The molecule has 24 heavy (non-hydrogen) atoms. The average molecular weight is 361 g/mol. The molecule has 0 radical (unpaired) electrons. The Hall–Kier alpha value is -1.92. The van der Waals surface area contributed by atoms with Gasteiger partial charge in [0.05, 0.1) is 4.90 Å². The molecule has 0 fully saturated rings. The number of hydrogen-bond donors (Lipinski definition) is 1. The van der Waals surface area contributed by atoms with Gasteiger partial charge in [-0.25, -0.2) is 8.42 Å². The second kappa shape index (κ2) is 6.91. The summed E-state index contributed by atoms with van der Waals surface area (Å²) in [6.07, 6.45) is 1.73. The van der Waals surface area contributed by atoms with E-state index >= 15 is 0 Å². The second-order valence-corrected chi connectivity index (χ2v) is 8.05. The van der Waals surface area contributed by atoms with Crippen molar-refractivity contribution in [2.75, 3.05) is 13.1 Å². The number of thiocarbonyl (C=S) groups is 1. The third-order valence-corrected chi connectivity index (χ3v) is 6.10. The molecular weight excluding hydrogens is 340 g/mol. The molecule has 0 bridgehead atoms. The fourth-order valence-electron chi connectivity index (χ4n) is 2.83. The second-order valence-electron chi connectivity index (χ2n) is 5.98. The minimum Gasteiger partial charge on any atom is -0.348 e. The van der Waals surface area contributed by atoms with E-state index in [0.717, 1.165) is 18.4 Å². The van der Waals surface area contributed by atoms with Crippen molar-refractivity contribution in [1.82, 2.24) is 9.62 Å². The summed E-state index contributed by atoms with van der Waals surface area (Å²) in [4.78, 5) is 2.16. The number of rotatable bonds is 2. The van der Waals surface area contributed by atoms with Gasteiger partial charge in [0.2, 0.25) is 0 Å². The molecule has 0 spiro atoms. The van der Waals surface area contributed by atoms with E-state index in [2.05, 4.69) is 16.9 Å². The van der Waals surface area contributed by atoms with E-state index < -0.39 is 10.0 Å². The molecule has 1 heterocycles. The van der Waals surface area contributed by atoms with E-state index in [1.165, 1.54) is 11.1 Å². The van der Waals surface area contributed by atoms with Crippen LogP contribution in [0.15, 0.2) is 53.4 Å². The third kappa shape index (κ3) is 3.76. The van der Waals surface area contributed by atoms with Crippen LogP contribution < -0.4 is 4.72 Å². The highest BCUT2D eigenvalue weighted by Gasteiger charge is 2.21. The molecule has 0 aromatic heterocycles. The van der Waals surface area contributed by atoms with Crippen LogP contribution in [-0.4, -0.2) is 31.5 Å². The summed E-state index contributed by atoms with van der Waals surface area (Å²) in [6, 6.07) is 15.1. The van der Waals surface area contributed by atoms with Crippen LogP contribution in [-0.2, 0) is 22.9 Å². The molecule has 0 unspecified atom stereocenters. The molecule has 2 aromatic carbocycles. The lowest BCUT2D eigenvalue weighted by molar-refractivity contribution is 0.437. The number of benzene rings is 2. The summed E-state index contributed by atoms with van der Waals surface area (Å²) < 4.78 is 27.5. The van der Waals surface area contributed by atoms with Gasteiger partial charge in [0, 0.05) is 13.1 Å². The number of hydrogen-bond acceptors (Lipinski definition) is 3. The van der Waals surface area contributed by atoms with Crippen molar-refractivity contribution in [2.45, 2.75) is 24.7 Å². The topological polar surface area (TPSA) is 49.4 Å². The van der Waals surface area contributed by atoms with Gasteiger partial charge in [0.25, 0.3) is 10.0 Å². The summed E-state index contributed by atoms with van der Waals surface area (Å²) in [5.74, 6) is 0. The molecule has 1 aliphatic heterocycles. The summed E-state index contributed by atoms with van der Waals surface area (Å²) in [5, 5.41) is 0.267. The van der Waals surface area contributed by atoms with Crippen LogP contribution in [0.3, 0.4) is 0 Å². The van der Waals surface area contributed by atoms with Crippen LogP contribution in [0.4, 0.5) is 0 Å². The summed E-state index contributed by atoms with van der Waals surface area (Å²) in [5.41, 5.74) is 3.63. The molecule has 1 N–H and O–H groups in total. The summed E-state index contributed by atoms with van der Waals surface area (Å²) >= 11 is 5.35. The highest BCUT2D eigenvalue weighted by molar-refractivity contribution is 7.91. The minimum atomic E-state index is -3.64. The summed E-state index contributed by atoms with van der Waals surface area (Å²) in [7, 11) is -3.64. The first-order valence-corrected chi connectivity index (χ1v) is 9.80. The first kappa shape index (κ1) is 16.9. The van der Waals surface area contributed by atoms with Gasteiger partial charge in [-0.2, -0.15) is 0 Å². The van der Waals surface area contributed by atoms with Gasteiger partial charge < -0.3 is 4.90 Å². The Balaban J connectivity index is 1.70. The molecule has 2 aromatic rings.